The van der Waals surface area contributed by atoms with Crippen LogP contribution in [0.25, 0.3) is 0 Å². The maximum absolute atomic E-state index is 3.90. The third kappa shape index (κ3) is 7.78. The first-order valence-electron chi connectivity index (χ1n) is 12.5. The molecule has 0 radical (unpaired) electrons. The molecule has 0 aliphatic heterocycles. The van der Waals surface area contributed by atoms with Crippen LogP contribution in [0.3, 0.4) is 0 Å². The lowest BCUT2D eigenvalue weighted by Gasteiger charge is -2.46. The van der Waals surface area contributed by atoms with Gasteiger partial charge < -0.3 is 4.81 Å². The number of hydrogen-bond donors (Lipinski definition) is 0. The minimum Gasteiger partial charge on any atom is -0.337 e. The van der Waals surface area contributed by atoms with E-state index in [9.17, 15) is 0 Å². The van der Waals surface area contributed by atoms with Crippen molar-refractivity contribution in [2.24, 2.45) is 17.8 Å². The van der Waals surface area contributed by atoms with Crippen molar-refractivity contribution >= 4 is 6.85 Å². The lowest BCUT2D eigenvalue weighted by Crippen LogP contribution is -2.53. The van der Waals surface area contributed by atoms with Crippen LogP contribution in [0.5, 0.6) is 0 Å². The van der Waals surface area contributed by atoms with E-state index in [1.54, 1.807) is 0 Å². The Bertz CT molecular complexity index is 499. The highest BCUT2D eigenvalue weighted by molar-refractivity contribution is 6.59. The van der Waals surface area contributed by atoms with Gasteiger partial charge in [0.05, 0.1) is 0 Å². The highest BCUT2D eigenvalue weighted by Gasteiger charge is 2.41. The van der Waals surface area contributed by atoms with E-state index in [0.717, 1.165) is 18.2 Å². The molecular formula is C27H50BN. The average Bonchev–Trinajstić information content (AvgIpc) is 2.69. The maximum atomic E-state index is 3.90. The van der Waals surface area contributed by atoms with Crippen LogP contribution in [0.2, 0.25) is 11.6 Å². The Hall–Kier alpha value is -0.755. The molecule has 0 N–H and O–H groups in total. The summed E-state index contributed by atoms with van der Waals surface area (Å²) in [5.74, 6) is 3.39. The molecule has 0 aromatic rings. The van der Waals surface area contributed by atoms with Gasteiger partial charge in [0.2, 0.25) is 6.85 Å². The Morgan fingerprint density at radius 3 is 2.00 bits per heavy atom. The molecule has 0 saturated heterocycles. The predicted octanol–water partition coefficient (Wildman–Crippen LogP) is 8.42. The van der Waals surface area contributed by atoms with E-state index in [1.807, 2.05) is 0 Å². The van der Waals surface area contributed by atoms with E-state index >= 15 is 0 Å². The Balaban J connectivity index is 3.12. The maximum Gasteiger partial charge on any atom is 0.230 e. The van der Waals surface area contributed by atoms with Crippen LogP contribution in [0.15, 0.2) is 37.0 Å². The predicted molar refractivity (Wildman–Crippen MR) is 135 cm³/mol. The van der Waals surface area contributed by atoms with E-state index in [4.69, 9.17) is 0 Å². The molecule has 0 saturated carbocycles. The van der Waals surface area contributed by atoms with E-state index < -0.39 is 0 Å². The third-order valence-corrected chi connectivity index (χ3v) is 7.23. The van der Waals surface area contributed by atoms with Crippen molar-refractivity contribution in [3.63, 3.8) is 0 Å². The van der Waals surface area contributed by atoms with E-state index in [-0.39, 0.29) is 0 Å². The highest BCUT2D eigenvalue weighted by atomic mass is 15.1. The molecular weight excluding hydrogens is 349 g/mol. The number of rotatable bonds is 14. The second-order valence-electron chi connectivity index (χ2n) is 10.2. The fraction of sp³-hybridized carbons (Fsp3) is 0.778. The summed E-state index contributed by atoms with van der Waals surface area (Å²) in [5.41, 5.74) is 0. The second-order valence-corrected chi connectivity index (χ2v) is 10.2. The normalized spacial score (nSPS) is 22.3. The van der Waals surface area contributed by atoms with Gasteiger partial charge in [0.15, 0.2) is 0 Å². The van der Waals surface area contributed by atoms with Crippen molar-refractivity contribution in [3.8, 4) is 0 Å². The molecule has 0 spiro atoms. The molecule has 0 aromatic heterocycles. The lowest BCUT2D eigenvalue weighted by atomic mass is 9.37. The second kappa shape index (κ2) is 13.5. The van der Waals surface area contributed by atoms with Gasteiger partial charge >= 0.3 is 0 Å². The minimum atomic E-state index is 0.582. The van der Waals surface area contributed by atoms with Crippen LogP contribution in [-0.2, 0) is 0 Å². The zero-order valence-electron chi connectivity index (χ0n) is 20.9. The summed E-state index contributed by atoms with van der Waals surface area (Å²) >= 11 is 0. The van der Waals surface area contributed by atoms with E-state index in [2.05, 4.69) is 97.2 Å². The molecule has 0 amide bonds. The molecule has 0 heterocycles. The molecule has 5 atom stereocenters. The molecule has 29 heavy (non-hydrogen) atoms. The van der Waals surface area contributed by atoms with Gasteiger partial charge in [-0.2, -0.15) is 0 Å². The SMILES string of the molecule is C=CCCCC(C)C1C=CC=CC1C(C)B(C(C)CCCC)N(C(C)C)C(C)C. The fourth-order valence-corrected chi connectivity index (χ4v) is 5.81. The van der Waals surface area contributed by atoms with Crippen molar-refractivity contribution in [3.05, 3.63) is 37.0 Å². The zero-order valence-corrected chi connectivity index (χ0v) is 20.9. The van der Waals surface area contributed by atoms with Crippen molar-refractivity contribution in [2.45, 2.75) is 118 Å². The Kier molecular flexibility index (Phi) is 12.3. The van der Waals surface area contributed by atoms with Crippen LogP contribution in [0.1, 0.15) is 93.9 Å². The van der Waals surface area contributed by atoms with Crippen molar-refractivity contribution in [1.29, 1.82) is 0 Å². The first-order chi connectivity index (χ1) is 13.8. The Morgan fingerprint density at radius 2 is 1.48 bits per heavy atom. The van der Waals surface area contributed by atoms with Crippen LogP contribution in [-0.4, -0.2) is 23.7 Å². The molecule has 0 fully saturated rings. The molecule has 1 rings (SSSR count). The van der Waals surface area contributed by atoms with Crippen LogP contribution in [0.4, 0.5) is 0 Å². The van der Waals surface area contributed by atoms with Gasteiger partial charge in [-0.05, 0) is 60.7 Å². The lowest BCUT2D eigenvalue weighted by molar-refractivity contribution is 0.267. The van der Waals surface area contributed by atoms with Gasteiger partial charge in [0.25, 0.3) is 0 Å². The van der Waals surface area contributed by atoms with Gasteiger partial charge in [-0.25, -0.2) is 0 Å². The standard InChI is InChI=1S/C27H50BN/c1-10-12-14-17-23(7)26-19-15-16-20-27(26)25(9)28(24(8)18-13-11-2)29(21(3)4)22(5)6/h10,15-16,19-27H,1,11-14,17-18H2,2-9H3. The summed E-state index contributed by atoms with van der Waals surface area (Å²) in [6.45, 7) is 23.9. The number of nitrogens with zero attached hydrogens (tertiary/aromatic N) is 1. The van der Waals surface area contributed by atoms with Gasteiger partial charge in [-0.1, -0.05) is 105 Å². The molecule has 1 nitrogen and oxygen atoms in total. The van der Waals surface area contributed by atoms with Gasteiger partial charge in [0, 0.05) is 0 Å². The summed E-state index contributed by atoms with van der Waals surface area (Å²) in [6, 6.07) is 1.16. The largest absolute Gasteiger partial charge is 0.337 e. The quantitative estimate of drug-likeness (QED) is 0.161. The van der Waals surface area contributed by atoms with Gasteiger partial charge in [-0.3, -0.25) is 0 Å². The minimum absolute atomic E-state index is 0.582. The zero-order chi connectivity index (χ0) is 22.0. The number of unbranched alkanes of at least 4 members (excludes halogenated alkanes) is 2. The fourth-order valence-electron chi connectivity index (χ4n) is 5.81. The van der Waals surface area contributed by atoms with Gasteiger partial charge in [-0.15, -0.1) is 6.58 Å². The van der Waals surface area contributed by atoms with Crippen molar-refractivity contribution < 1.29 is 0 Å². The topological polar surface area (TPSA) is 3.24 Å². The van der Waals surface area contributed by atoms with Gasteiger partial charge in [0.1, 0.15) is 0 Å². The Labute approximate surface area is 184 Å². The van der Waals surface area contributed by atoms with Crippen LogP contribution < -0.4 is 0 Å². The molecule has 1 aliphatic rings. The first-order valence-corrected chi connectivity index (χ1v) is 12.5. The summed E-state index contributed by atoms with van der Waals surface area (Å²) in [5, 5.41) is 0. The van der Waals surface area contributed by atoms with E-state index in [1.165, 1.54) is 32.1 Å². The third-order valence-electron chi connectivity index (χ3n) is 7.23. The summed E-state index contributed by atoms with van der Waals surface area (Å²) in [7, 11) is 0. The number of allylic oxidation sites excluding steroid dienone is 5. The van der Waals surface area contributed by atoms with Crippen LogP contribution >= 0.6 is 0 Å². The highest BCUT2D eigenvalue weighted by Crippen LogP contribution is 2.43. The van der Waals surface area contributed by atoms with Crippen LogP contribution in [0, 0.1) is 17.8 Å². The van der Waals surface area contributed by atoms with Crippen molar-refractivity contribution in [1.82, 2.24) is 4.81 Å². The molecule has 0 bridgehead atoms. The average molecular weight is 400 g/mol. The summed E-state index contributed by atoms with van der Waals surface area (Å²) in [6.07, 6.45) is 19.4. The molecule has 166 valence electrons. The monoisotopic (exact) mass is 399 g/mol. The first kappa shape index (κ1) is 26.3. The molecule has 5 unspecified atom stereocenters. The summed E-state index contributed by atoms with van der Waals surface area (Å²) in [4.78, 5) is 2.82. The van der Waals surface area contributed by atoms with Crippen molar-refractivity contribution in [2.75, 3.05) is 0 Å². The molecule has 2 heteroatoms. The smallest absolute Gasteiger partial charge is 0.230 e. The Morgan fingerprint density at radius 1 is 0.897 bits per heavy atom. The van der Waals surface area contributed by atoms with E-state index in [0.29, 0.717) is 36.6 Å². The summed E-state index contributed by atoms with van der Waals surface area (Å²) < 4.78 is 0. The molecule has 0 aromatic carbocycles. The molecule has 1 aliphatic carbocycles. The number of hydrogen-bond acceptors (Lipinski definition) is 1.